The summed E-state index contributed by atoms with van der Waals surface area (Å²) >= 11 is 0. The number of benzene rings is 1. The Labute approximate surface area is 110 Å². The molecule has 0 aliphatic carbocycles. The number of pyridine rings is 1. The monoisotopic (exact) mass is 251 g/mol. The van der Waals surface area contributed by atoms with Crippen LogP contribution in [0.5, 0.6) is 0 Å². The summed E-state index contributed by atoms with van der Waals surface area (Å²) < 4.78 is 13.9. The van der Waals surface area contributed by atoms with Crippen LogP contribution in [-0.2, 0) is 6.54 Å². The first-order chi connectivity index (χ1) is 9.20. The van der Waals surface area contributed by atoms with Crippen LogP contribution in [0.1, 0.15) is 16.8 Å². The summed E-state index contributed by atoms with van der Waals surface area (Å²) in [6.07, 6.45) is 0. The van der Waals surface area contributed by atoms with Crippen LogP contribution in [0, 0.1) is 17.1 Å². The lowest BCUT2D eigenvalue weighted by atomic mass is 10.0. The zero-order chi connectivity index (χ0) is 13.4. The van der Waals surface area contributed by atoms with E-state index in [1.165, 1.54) is 12.1 Å². The van der Waals surface area contributed by atoms with Gasteiger partial charge in [0.1, 0.15) is 5.82 Å². The normalized spacial score (nSPS) is 12.7. The number of rotatable bonds is 1. The number of aromatic nitrogens is 1. The molecule has 1 N–H and O–H groups in total. The van der Waals surface area contributed by atoms with Gasteiger partial charge in [-0.05, 0) is 24.3 Å². The maximum Gasteiger partial charge on any atom is 0.133 e. The zero-order valence-electron chi connectivity index (χ0n) is 10.1. The van der Waals surface area contributed by atoms with Gasteiger partial charge in [-0.3, -0.25) is 4.98 Å². The van der Waals surface area contributed by atoms with Gasteiger partial charge in [0.2, 0.25) is 0 Å². The number of hydrogen-bond donors (Lipinski definition) is 1. The lowest BCUT2D eigenvalue weighted by Gasteiger charge is -2.06. The molecule has 0 bridgehead atoms. The molecule has 0 saturated carbocycles. The van der Waals surface area contributed by atoms with Gasteiger partial charge < -0.3 is 5.32 Å². The first-order valence-electron chi connectivity index (χ1n) is 5.83. The molecule has 1 aliphatic rings. The van der Waals surface area contributed by atoms with Crippen LogP contribution in [0.25, 0.3) is 17.0 Å². The Kier molecular flexibility index (Phi) is 2.53. The molecule has 2 heterocycles. The molecule has 0 amide bonds. The van der Waals surface area contributed by atoms with E-state index in [4.69, 9.17) is 5.26 Å². The Balaban J connectivity index is 2.20. The molecule has 0 fully saturated rings. The smallest absolute Gasteiger partial charge is 0.133 e. The Morgan fingerprint density at radius 2 is 2.16 bits per heavy atom. The lowest BCUT2D eigenvalue weighted by Crippen LogP contribution is -1.99. The van der Waals surface area contributed by atoms with E-state index in [-0.39, 0.29) is 11.1 Å². The third-order valence-corrected chi connectivity index (χ3v) is 3.16. The average Bonchev–Trinajstić information content (AvgIpc) is 2.79. The van der Waals surface area contributed by atoms with Gasteiger partial charge in [-0.15, -0.1) is 0 Å². The minimum absolute atomic E-state index is 0.255. The lowest BCUT2D eigenvalue weighted by molar-refractivity contribution is 0.630. The van der Waals surface area contributed by atoms with Crippen LogP contribution >= 0.6 is 0 Å². The fourth-order valence-corrected chi connectivity index (χ4v) is 2.21. The second-order valence-corrected chi connectivity index (χ2v) is 4.30. The highest BCUT2D eigenvalue weighted by Crippen LogP contribution is 2.29. The molecule has 92 valence electrons. The second-order valence-electron chi connectivity index (χ2n) is 4.30. The quantitative estimate of drug-likeness (QED) is 0.847. The van der Waals surface area contributed by atoms with E-state index in [2.05, 4.69) is 16.9 Å². The molecule has 1 aliphatic heterocycles. The first kappa shape index (κ1) is 11.4. The van der Waals surface area contributed by atoms with E-state index < -0.39 is 5.82 Å². The average molecular weight is 251 g/mol. The minimum atomic E-state index is -0.434. The largest absolute Gasteiger partial charge is 0.379 e. The van der Waals surface area contributed by atoms with Gasteiger partial charge in [-0.1, -0.05) is 12.6 Å². The maximum atomic E-state index is 13.9. The minimum Gasteiger partial charge on any atom is -0.379 e. The number of hydrogen-bond acceptors (Lipinski definition) is 3. The molecule has 0 spiro atoms. The van der Waals surface area contributed by atoms with Crippen molar-refractivity contribution in [2.24, 2.45) is 0 Å². The first-order valence-corrected chi connectivity index (χ1v) is 5.83. The van der Waals surface area contributed by atoms with Crippen molar-refractivity contribution in [1.82, 2.24) is 10.3 Å². The summed E-state index contributed by atoms with van der Waals surface area (Å²) in [5, 5.41) is 12.2. The Morgan fingerprint density at radius 1 is 1.32 bits per heavy atom. The molecule has 0 atom stereocenters. The molecular formula is C15H10FN3. The highest BCUT2D eigenvalue weighted by molar-refractivity contribution is 5.73. The molecule has 0 unspecified atom stereocenters. The molecule has 0 saturated heterocycles. The van der Waals surface area contributed by atoms with Crippen LogP contribution in [-0.4, -0.2) is 4.98 Å². The van der Waals surface area contributed by atoms with Crippen LogP contribution < -0.4 is 5.32 Å². The van der Waals surface area contributed by atoms with E-state index in [0.717, 1.165) is 17.0 Å². The standard InChI is InChI=1S/C15H10FN3/c1-9-11-5-6-13(19-14(11)8-18-9)15-10(7-17)3-2-4-12(15)16/h2-6,18H,1,8H2. The topological polar surface area (TPSA) is 48.7 Å². The van der Waals surface area contributed by atoms with E-state index in [0.29, 0.717) is 12.2 Å². The molecule has 3 nitrogen and oxygen atoms in total. The molecule has 1 aromatic carbocycles. The van der Waals surface area contributed by atoms with E-state index >= 15 is 0 Å². The van der Waals surface area contributed by atoms with Gasteiger partial charge in [0.05, 0.1) is 35.1 Å². The summed E-state index contributed by atoms with van der Waals surface area (Å²) in [6, 6.07) is 10.0. The molecule has 1 aromatic heterocycles. The zero-order valence-corrected chi connectivity index (χ0v) is 10.1. The van der Waals surface area contributed by atoms with Crippen LogP contribution in [0.2, 0.25) is 0 Å². The van der Waals surface area contributed by atoms with Crippen molar-refractivity contribution in [3.63, 3.8) is 0 Å². The van der Waals surface area contributed by atoms with Crippen molar-refractivity contribution in [3.8, 4) is 17.3 Å². The Morgan fingerprint density at radius 3 is 2.95 bits per heavy atom. The molecule has 2 aromatic rings. The van der Waals surface area contributed by atoms with Crippen LogP contribution in [0.15, 0.2) is 36.9 Å². The van der Waals surface area contributed by atoms with Crippen LogP contribution in [0.4, 0.5) is 4.39 Å². The van der Waals surface area contributed by atoms with Crippen molar-refractivity contribution in [2.45, 2.75) is 6.54 Å². The maximum absolute atomic E-state index is 13.9. The van der Waals surface area contributed by atoms with Crippen molar-refractivity contribution >= 4 is 5.70 Å². The number of fused-ring (bicyclic) bond motifs is 1. The van der Waals surface area contributed by atoms with Gasteiger partial charge in [0.25, 0.3) is 0 Å². The van der Waals surface area contributed by atoms with Crippen molar-refractivity contribution in [1.29, 1.82) is 5.26 Å². The summed E-state index contributed by atoms with van der Waals surface area (Å²) in [5.74, 6) is -0.434. The summed E-state index contributed by atoms with van der Waals surface area (Å²) in [6.45, 7) is 4.45. The predicted molar refractivity (Wildman–Crippen MR) is 70.2 cm³/mol. The van der Waals surface area contributed by atoms with Crippen LogP contribution in [0.3, 0.4) is 0 Å². The third-order valence-electron chi connectivity index (χ3n) is 3.16. The third kappa shape index (κ3) is 1.76. The van der Waals surface area contributed by atoms with E-state index in [1.54, 1.807) is 12.1 Å². The molecule has 19 heavy (non-hydrogen) atoms. The SMILES string of the molecule is C=C1NCc2nc(-c3c(F)cccc3C#N)ccc21. The summed E-state index contributed by atoms with van der Waals surface area (Å²) in [5.41, 5.74) is 3.61. The Bertz CT molecular complexity index is 729. The fraction of sp³-hybridized carbons (Fsp3) is 0.0667. The van der Waals surface area contributed by atoms with Crippen molar-refractivity contribution in [3.05, 3.63) is 59.5 Å². The van der Waals surface area contributed by atoms with Gasteiger partial charge >= 0.3 is 0 Å². The summed E-state index contributed by atoms with van der Waals surface area (Å²) in [7, 11) is 0. The van der Waals surface area contributed by atoms with Crippen molar-refractivity contribution in [2.75, 3.05) is 0 Å². The molecule has 0 radical (unpaired) electrons. The van der Waals surface area contributed by atoms with Gasteiger partial charge in [0.15, 0.2) is 0 Å². The van der Waals surface area contributed by atoms with Crippen molar-refractivity contribution < 1.29 is 4.39 Å². The Hall–Kier alpha value is -2.67. The highest BCUT2D eigenvalue weighted by atomic mass is 19.1. The van der Waals surface area contributed by atoms with Gasteiger partial charge in [0, 0.05) is 11.3 Å². The number of nitrogens with zero attached hydrogens (tertiary/aromatic N) is 2. The predicted octanol–water partition coefficient (Wildman–Crippen LogP) is 2.83. The molecule has 4 heteroatoms. The van der Waals surface area contributed by atoms with E-state index in [9.17, 15) is 4.39 Å². The summed E-state index contributed by atoms with van der Waals surface area (Å²) in [4.78, 5) is 4.43. The second kappa shape index (κ2) is 4.21. The van der Waals surface area contributed by atoms with E-state index in [1.807, 2.05) is 12.1 Å². The highest BCUT2D eigenvalue weighted by Gasteiger charge is 2.18. The molecule has 3 rings (SSSR count). The van der Waals surface area contributed by atoms with Gasteiger partial charge in [-0.25, -0.2) is 4.39 Å². The number of nitriles is 1. The molecular weight excluding hydrogens is 241 g/mol. The van der Waals surface area contributed by atoms with Gasteiger partial charge in [-0.2, -0.15) is 5.26 Å². The number of nitrogens with one attached hydrogen (secondary N) is 1. The number of halogens is 1. The fourth-order valence-electron chi connectivity index (χ4n) is 2.21.